The van der Waals surface area contributed by atoms with Crippen LogP contribution < -0.4 is 4.74 Å². The Balaban J connectivity index is 3.62. The van der Waals surface area contributed by atoms with Crippen LogP contribution in [0.3, 0.4) is 0 Å². The van der Waals surface area contributed by atoms with Gasteiger partial charge < -0.3 is 9.84 Å². The molecule has 0 aliphatic heterocycles. The molecule has 0 heterocycles. The fraction of sp³-hybridized carbons (Fsp3) is 0.111. The molecule has 84 valence electrons. The topological polar surface area (TPSA) is 107 Å². The van der Waals surface area contributed by atoms with Gasteiger partial charge in [-0.2, -0.15) is 0 Å². The highest BCUT2D eigenvalue weighted by Crippen LogP contribution is 2.28. The van der Waals surface area contributed by atoms with Gasteiger partial charge in [0.15, 0.2) is 6.29 Å². The van der Waals surface area contributed by atoms with Gasteiger partial charge in [-0.1, -0.05) is 0 Å². The molecule has 0 unspecified atom stereocenters. The second kappa shape index (κ2) is 4.39. The lowest BCUT2D eigenvalue weighted by atomic mass is 10.1. The maximum Gasteiger partial charge on any atom is 0.340 e. The van der Waals surface area contributed by atoms with Crippen LogP contribution in [-0.4, -0.2) is 29.4 Å². The van der Waals surface area contributed by atoms with Crippen LogP contribution in [0.25, 0.3) is 0 Å². The summed E-state index contributed by atoms with van der Waals surface area (Å²) in [4.78, 5) is 31.3. The van der Waals surface area contributed by atoms with Crippen molar-refractivity contribution in [2.45, 2.75) is 0 Å². The van der Waals surface area contributed by atoms with Crippen molar-refractivity contribution in [1.82, 2.24) is 0 Å². The van der Waals surface area contributed by atoms with Crippen molar-refractivity contribution in [1.29, 1.82) is 0 Å². The quantitative estimate of drug-likeness (QED) is 0.467. The summed E-state index contributed by atoms with van der Waals surface area (Å²) in [7, 11) is 1.21. The minimum Gasteiger partial charge on any atom is -0.496 e. The Hall–Kier alpha value is -2.44. The number of aldehydes is 1. The summed E-state index contributed by atoms with van der Waals surface area (Å²) in [6.45, 7) is 0. The van der Waals surface area contributed by atoms with Gasteiger partial charge >= 0.3 is 5.97 Å². The molecule has 0 spiro atoms. The number of rotatable bonds is 4. The molecule has 0 bridgehead atoms. The highest BCUT2D eigenvalue weighted by atomic mass is 16.6. The predicted octanol–water partition coefficient (Wildman–Crippen LogP) is 1.11. The summed E-state index contributed by atoms with van der Waals surface area (Å²) in [5.41, 5.74) is -1.57. The van der Waals surface area contributed by atoms with Crippen molar-refractivity contribution < 1.29 is 24.4 Å². The summed E-state index contributed by atoms with van der Waals surface area (Å²) in [5, 5.41) is 19.4. The Labute approximate surface area is 89.4 Å². The largest absolute Gasteiger partial charge is 0.496 e. The maximum absolute atomic E-state index is 10.9. The smallest absolute Gasteiger partial charge is 0.340 e. The highest BCUT2D eigenvalue weighted by molar-refractivity contribution is 6.02. The zero-order valence-corrected chi connectivity index (χ0v) is 8.17. The van der Waals surface area contributed by atoms with Gasteiger partial charge in [0.1, 0.15) is 16.9 Å². The zero-order valence-electron chi connectivity index (χ0n) is 8.17. The molecular formula is C9H7NO6. The Morgan fingerprint density at radius 1 is 1.56 bits per heavy atom. The highest BCUT2D eigenvalue weighted by Gasteiger charge is 2.25. The monoisotopic (exact) mass is 225 g/mol. The van der Waals surface area contributed by atoms with Gasteiger partial charge in [0.05, 0.1) is 12.0 Å². The van der Waals surface area contributed by atoms with Gasteiger partial charge in [0.25, 0.3) is 5.69 Å². The van der Waals surface area contributed by atoms with E-state index >= 15 is 0 Å². The lowest BCUT2D eigenvalue weighted by molar-refractivity contribution is -0.385. The van der Waals surface area contributed by atoms with Crippen LogP contribution in [0.1, 0.15) is 20.7 Å². The molecule has 0 fully saturated rings. The molecule has 1 aromatic rings. The van der Waals surface area contributed by atoms with Crippen molar-refractivity contribution in [2.24, 2.45) is 0 Å². The first kappa shape index (κ1) is 11.6. The SMILES string of the molecule is COc1ccc([N+](=O)[O-])c(C=O)c1C(=O)O. The molecule has 0 aromatic heterocycles. The molecule has 7 nitrogen and oxygen atoms in total. The number of nitro benzene ring substituents is 1. The number of hydrogen-bond acceptors (Lipinski definition) is 5. The maximum atomic E-state index is 10.9. The van der Waals surface area contributed by atoms with E-state index in [0.717, 1.165) is 12.1 Å². The summed E-state index contributed by atoms with van der Waals surface area (Å²) >= 11 is 0. The van der Waals surface area contributed by atoms with E-state index in [1.807, 2.05) is 0 Å². The van der Waals surface area contributed by atoms with E-state index in [2.05, 4.69) is 0 Å². The minimum atomic E-state index is -1.46. The van der Waals surface area contributed by atoms with Crippen molar-refractivity contribution in [3.05, 3.63) is 33.4 Å². The van der Waals surface area contributed by atoms with E-state index in [4.69, 9.17) is 9.84 Å². The molecule has 0 radical (unpaired) electrons. The third-order valence-electron chi connectivity index (χ3n) is 1.93. The number of carbonyl (C=O) groups is 2. The summed E-state index contributed by atoms with van der Waals surface area (Å²) < 4.78 is 4.72. The molecule has 0 aliphatic carbocycles. The van der Waals surface area contributed by atoms with Gasteiger partial charge in [0.2, 0.25) is 0 Å². The van der Waals surface area contributed by atoms with E-state index < -0.39 is 27.7 Å². The van der Waals surface area contributed by atoms with Crippen LogP contribution in [0.5, 0.6) is 5.75 Å². The number of nitro groups is 1. The average Bonchev–Trinajstić information content (AvgIpc) is 2.26. The van der Waals surface area contributed by atoms with Gasteiger partial charge in [-0.15, -0.1) is 0 Å². The first-order chi connectivity index (χ1) is 7.52. The van der Waals surface area contributed by atoms with E-state index in [-0.39, 0.29) is 12.0 Å². The van der Waals surface area contributed by atoms with E-state index in [9.17, 15) is 19.7 Å². The van der Waals surface area contributed by atoms with E-state index in [1.165, 1.54) is 7.11 Å². The number of ether oxygens (including phenoxy) is 1. The lowest BCUT2D eigenvalue weighted by Crippen LogP contribution is -2.07. The van der Waals surface area contributed by atoms with Crippen molar-refractivity contribution in [3.8, 4) is 5.75 Å². The number of carboxylic acids is 1. The van der Waals surface area contributed by atoms with Crippen LogP contribution in [0.2, 0.25) is 0 Å². The Morgan fingerprint density at radius 3 is 2.56 bits per heavy atom. The van der Waals surface area contributed by atoms with Gasteiger partial charge in [-0.25, -0.2) is 4.79 Å². The second-order valence-electron chi connectivity index (χ2n) is 2.76. The molecule has 0 atom stereocenters. The fourth-order valence-corrected chi connectivity index (χ4v) is 1.26. The number of benzene rings is 1. The number of aromatic carboxylic acids is 1. The third-order valence-corrected chi connectivity index (χ3v) is 1.93. The molecule has 16 heavy (non-hydrogen) atoms. The third kappa shape index (κ3) is 1.83. The van der Waals surface area contributed by atoms with Crippen molar-refractivity contribution in [3.63, 3.8) is 0 Å². The van der Waals surface area contributed by atoms with E-state index in [1.54, 1.807) is 0 Å². The van der Waals surface area contributed by atoms with Gasteiger partial charge in [-0.3, -0.25) is 14.9 Å². The Bertz CT molecular complexity index is 467. The minimum absolute atomic E-state index is 0.0970. The van der Waals surface area contributed by atoms with Gasteiger partial charge in [0, 0.05) is 6.07 Å². The Kier molecular flexibility index (Phi) is 3.19. The standard InChI is InChI=1S/C9H7NO6/c1-16-7-3-2-6(10(14)15)5(4-11)8(7)9(12)13/h2-4H,1H3,(H,12,13). The first-order valence-electron chi connectivity index (χ1n) is 4.06. The normalized spacial score (nSPS) is 9.56. The second-order valence-corrected chi connectivity index (χ2v) is 2.76. The van der Waals surface area contributed by atoms with E-state index in [0.29, 0.717) is 0 Å². The van der Waals surface area contributed by atoms with Gasteiger partial charge in [-0.05, 0) is 6.07 Å². The van der Waals surface area contributed by atoms with Crippen LogP contribution in [0.15, 0.2) is 12.1 Å². The fourth-order valence-electron chi connectivity index (χ4n) is 1.26. The van der Waals surface area contributed by atoms with Crippen LogP contribution in [0, 0.1) is 10.1 Å². The average molecular weight is 225 g/mol. The Morgan fingerprint density at radius 2 is 2.19 bits per heavy atom. The first-order valence-corrected chi connectivity index (χ1v) is 4.06. The molecule has 1 N–H and O–H groups in total. The summed E-state index contributed by atoms with van der Waals surface area (Å²) in [6.07, 6.45) is 0.129. The molecule has 1 rings (SSSR count). The zero-order chi connectivity index (χ0) is 12.3. The number of carbonyl (C=O) groups excluding carboxylic acids is 1. The number of hydrogen-bond donors (Lipinski definition) is 1. The number of nitrogens with zero attached hydrogens (tertiary/aromatic N) is 1. The van der Waals surface area contributed by atoms with Crippen LogP contribution in [0.4, 0.5) is 5.69 Å². The molecule has 0 aliphatic rings. The van der Waals surface area contributed by atoms with Crippen molar-refractivity contribution in [2.75, 3.05) is 7.11 Å². The summed E-state index contributed by atoms with van der Waals surface area (Å²) in [5.74, 6) is -1.55. The molecule has 0 saturated carbocycles. The van der Waals surface area contributed by atoms with Crippen LogP contribution >= 0.6 is 0 Å². The predicted molar refractivity (Wildman–Crippen MR) is 52.0 cm³/mol. The van der Waals surface area contributed by atoms with Crippen LogP contribution in [-0.2, 0) is 0 Å². The number of carboxylic acid groups (broad SMARTS) is 1. The van der Waals surface area contributed by atoms with Crippen molar-refractivity contribution >= 4 is 17.9 Å². The summed E-state index contributed by atoms with van der Waals surface area (Å²) in [6, 6.07) is 2.16. The molecule has 0 saturated heterocycles. The molecule has 1 aromatic carbocycles. The number of methoxy groups -OCH3 is 1. The lowest BCUT2D eigenvalue weighted by Gasteiger charge is -2.06. The molecular weight excluding hydrogens is 218 g/mol. The molecule has 0 amide bonds. The molecule has 7 heteroatoms.